The molecule has 0 spiro atoms. The first-order chi connectivity index (χ1) is 22.8. The van der Waals surface area contributed by atoms with Crippen molar-refractivity contribution < 1.29 is 19.1 Å². The van der Waals surface area contributed by atoms with Gasteiger partial charge in [0.1, 0.15) is 12.2 Å². The summed E-state index contributed by atoms with van der Waals surface area (Å²) in [5.74, 6) is -0.167. The molecule has 2 atom stereocenters. The van der Waals surface area contributed by atoms with Crippen molar-refractivity contribution in [3.8, 4) is 0 Å². The minimum Gasteiger partial charge on any atom is -0.462 e. The summed E-state index contributed by atoms with van der Waals surface area (Å²) in [5, 5.41) is 0. The molecule has 0 aliphatic heterocycles. The zero-order valence-corrected chi connectivity index (χ0v) is 34.0. The lowest BCUT2D eigenvalue weighted by Gasteiger charge is -2.19. The number of rotatable bonds is 29. The normalized spacial score (nSPS) is 11.7. The SMILES string of the molecule is CC.CCC.CCC.CCCCCCCC(CC)OC(=O)CCCC(N)CCCC(=O)OC(CCCCCCC)CCCCCCC. The van der Waals surface area contributed by atoms with E-state index in [0.29, 0.717) is 12.8 Å². The van der Waals surface area contributed by atoms with Crippen LogP contribution in [0.15, 0.2) is 0 Å². The van der Waals surface area contributed by atoms with Crippen molar-refractivity contribution in [3.05, 3.63) is 0 Å². The van der Waals surface area contributed by atoms with Crippen LogP contribution >= 0.6 is 0 Å². The molecule has 47 heavy (non-hydrogen) atoms. The highest BCUT2D eigenvalue weighted by Gasteiger charge is 2.16. The topological polar surface area (TPSA) is 78.6 Å². The Hall–Kier alpha value is -1.10. The molecular formula is C42H89NO4. The van der Waals surface area contributed by atoms with E-state index < -0.39 is 0 Å². The molecule has 0 aromatic carbocycles. The summed E-state index contributed by atoms with van der Waals surface area (Å²) >= 11 is 0. The Morgan fingerprint density at radius 3 is 1.06 bits per heavy atom. The zero-order chi connectivity index (χ0) is 36.4. The van der Waals surface area contributed by atoms with Crippen LogP contribution in [0.25, 0.3) is 0 Å². The van der Waals surface area contributed by atoms with E-state index in [1.165, 1.54) is 89.9 Å². The van der Waals surface area contributed by atoms with Crippen LogP contribution in [0.5, 0.6) is 0 Å². The van der Waals surface area contributed by atoms with E-state index in [9.17, 15) is 9.59 Å². The maximum atomic E-state index is 12.5. The summed E-state index contributed by atoms with van der Waals surface area (Å²) in [6.45, 7) is 21.3. The van der Waals surface area contributed by atoms with E-state index in [1.54, 1.807) is 0 Å². The molecule has 0 bridgehead atoms. The summed E-state index contributed by atoms with van der Waals surface area (Å²) in [6.07, 6.45) is 29.0. The second-order valence-electron chi connectivity index (χ2n) is 13.2. The number of unbranched alkanes of at least 4 members (excludes halogenated alkanes) is 12. The third kappa shape index (κ3) is 47.1. The number of ether oxygens (including phenoxy) is 2. The van der Waals surface area contributed by atoms with E-state index in [1.807, 2.05) is 13.8 Å². The molecule has 5 nitrogen and oxygen atoms in total. The molecule has 0 radical (unpaired) electrons. The van der Waals surface area contributed by atoms with Crippen molar-refractivity contribution in [2.24, 2.45) is 5.73 Å². The van der Waals surface area contributed by atoms with Crippen molar-refractivity contribution >= 4 is 11.9 Å². The largest absolute Gasteiger partial charge is 0.462 e. The van der Waals surface area contributed by atoms with Gasteiger partial charge in [-0.15, -0.1) is 0 Å². The lowest BCUT2D eigenvalue weighted by molar-refractivity contribution is -0.150. The number of hydrogen-bond donors (Lipinski definition) is 1. The highest BCUT2D eigenvalue weighted by Crippen LogP contribution is 2.18. The van der Waals surface area contributed by atoms with E-state index >= 15 is 0 Å². The van der Waals surface area contributed by atoms with Crippen LogP contribution in [0.4, 0.5) is 0 Å². The standard InChI is InChI=1S/C34H67NO4.2C3H8.C2H6/c1-5-9-12-15-18-25-31(8-4)38-33(36)28-21-23-30(35)24-22-29-34(37)39-32(26-19-16-13-10-6-2)27-20-17-14-11-7-3;2*1-3-2;1-2/h30-32H,5-29,35H2,1-4H3;2*3H2,1-2H3;1-2H3. The second-order valence-corrected chi connectivity index (χ2v) is 13.2. The highest BCUT2D eigenvalue weighted by molar-refractivity contribution is 5.69. The molecule has 0 aromatic heterocycles. The molecule has 286 valence electrons. The van der Waals surface area contributed by atoms with Gasteiger partial charge in [0.05, 0.1) is 0 Å². The molecule has 0 aliphatic rings. The molecule has 0 aromatic rings. The summed E-state index contributed by atoms with van der Waals surface area (Å²) < 4.78 is 11.6. The molecule has 0 heterocycles. The lowest BCUT2D eigenvalue weighted by Crippen LogP contribution is -2.22. The predicted molar refractivity (Wildman–Crippen MR) is 209 cm³/mol. The quantitative estimate of drug-likeness (QED) is 0.0632. The summed E-state index contributed by atoms with van der Waals surface area (Å²) in [5.41, 5.74) is 6.29. The van der Waals surface area contributed by atoms with E-state index in [0.717, 1.165) is 70.6 Å². The van der Waals surface area contributed by atoms with Crippen LogP contribution in [0, 0.1) is 0 Å². The summed E-state index contributed by atoms with van der Waals surface area (Å²) in [7, 11) is 0. The molecule has 2 N–H and O–H groups in total. The third-order valence-electron chi connectivity index (χ3n) is 7.85. The van der Waals surface area contributed by atoms with Crippen LogP contribution in [0.2, 0.25) is 0 Å². The number of nitrogens with two attached hydrogens (primary N) is 1. The first-order valence-electron chi connectivity index (χ1n) is 20.9. The van der Waals surface area contributed by atoms with Crippen LogP contribution < -0.4 is 5.73 Å². The Kier molecular flexibility index (Phi) is 52.7. The fraction of sp³-hybridized carbons (Fsp3) is 0.952. The Morgan fingerprint density at radius 1 is 0.447 bits per heavy atom. The van der Waals surface area contributed by atoms with Crippen molar-refractivity contribution in [1.29, 1.82) is 0 Å². The fourth-order valence-corrected chi connectivity index (χ4v) is 5.19. The molecule has 0 amide bonds. The van der Waals surface area contributed by atoms with Gasteiger partial charge in [-0.3, -0.25) is 9.59 Å². The lowest BCUT2D eigenvalue weighted by atomic mass is 10.0. The van der Waals surface area contributed by atoms with Crippen LogP contribution in [-0.4, -0.2) is 30.2 Å². The van der Waals surface area contributed by atoms with Crippen molar-refractivity contribution in [2.75, 3.05) is 0 Å². The van der Waals surface area contributed by atoms with Crippen LogP contribution in [0.3, 0.4) is 0 Å². The van der Waals surface area contributed by atoms with Crippen LogP contribution in [-0.2, 0) is 19.1 Å². The highest BCUT2D eigenvalue weighted by atomic mass is 16.5. The van der Waals surface area contributed by atoms with Gasteiger partial charge in [-0.05, 0) is 70.6 Å². The predicted octanol–water partition coefficient (Wildman–Crippen LogP) is 13.8. The maximum absolute atomic E-state index is 12.5. The minimum atomic E-state index is -0.0957. The monoisotopic (exact) mass is 672 g/mol. The van der Waals surface area contributed by atoms with Crippen molar-refractivity contribution in [2.45, 2.75) is 261 Å². The number of hydrogen-bond acceptors (Lipinski definition) is 5. The Labute approximate surface area is 297 Å². The fourth-order valence-electron chi connectivity index (χ4n) is 5.19. The van der Waals surface area contributed by atoms with Crippen molar-refractivity contribution in [3.63, 3.8) is 0 Å². The molecule has 2 unspecified atom stereocenters. The smallest absolute Gasteiger partial charge is 0.306 e. The summed E-state index contributed by atoms with van der Waals surface area (Å²) in [6, 6.07) is 0.0130. The number of esters is 2. The molecular weight excluding hydrogens is 582 g/mol. The third-order valence-corrected chi connectivity index (χ3v) is 7.85. The van der Waals surface area contributed by atoms with E-state index in [2.05, 4.69) is 55.4 Å². The van der Waals surface area contributed by atoms with Gasteiger partial charge in [0, 0.05) is 18.9 Å². The van der Waals surface area contributed by atoms with Gasteiger partial charge < -0.3 is 15.2 Å². The molecule has 0 saturated heterocycles. The Bertz CT molecular complexity index is 567. The summed E-state index contributed by atoms with van der Waals surface area (Å²) in [4.78, 5) is 24.8. The van der Waals surface area contributed by atoms with Gasteiger partial charge >= 0.3 is 11.9 Å². The average Bonchev–Trinajstić information content (AvgIpc) is 3.05. The van der Waals surface area contributed by atoms with Gasteiger partial charge in [0.15, 0.2) is 0 Å². The molecule has 0 saturated carbocycles. The number of carbonyl (C=O) groups is 2. The van der Waals surface area contributed by atoms with E-state index in [4.69, 9.17) is 15.2 Å². The first kappa shape index (κ1) is 52.7. The van der Waals surface area contributed by atoms with Gasteiger partial charge in [-0.2, -0.15) is 0 Å². The maximum Gasteiger partial charge on any atom is 0.306 e. The van der Waals surface area contributed by atoms with Crippen molar-refractivity contribution in [1.82, 2.24) is 0 Å². The number of carbonyl (C=O) groups excluding carboxylic acids is 2. The second kappa shape index (κ2) is 47.0. The molecule has 0 rings (SSSR count). The Balaban J connectivity index is -0.00000105. The molecule has 5 heteroatoms. The van der Waals surface area contributed by atoms with Gasteiger partial charge in [-0.25, -0.2) is 0 Å². The van der Waals surface area contributed by atoms with Gasteiger partial charge in [0.25, 0.3) is 0 Å². The minimum absolute atomic E-state index is 0.0130. The zero-order valence-electron chi connectivity index (χ0n) is 34.0. The Morgan fingerprint density at radius 2 is 0.745 bits per heavy atom. The van der Waals surface area contributed by atoms with E-state index in [-0.39, 0.29) is 30.2 Å². The van der Waals surface area contributed by atoms with Gasteiger partial charge in [0.2, 0.25) is 0 Å². The molecule has 0 aliphatic carbocycles. The van der Waals surface area contributed by atoms with Gasteiger partial charge in [-0.1, -0.05) is 159 Å². The molecule has 0 fully saturated rings. The average molecular weight is 672 g/mol. The first-order valence-corrected chi connectivity index (χ1v) is 20.9. The van der Waals surface area contributed by atoms with Crippen LogP contribution in [0.1, 0.15) is 243 Å².